The number of sulfonamides is 1. The van der Waals surface area contributed by atoms with Gasteiger partial charge in [-0.25, -0.2) is 16.8 Å². The molecule has 1 amide bonds. The Morgan fingerprint density at radius 1 is 0.897 bits per heavy atom. The van der Waals surface area contributed by atoms with Crippen LogP contribution < -0.4 is 14.9 Å². The van der Waals surface area contributed by atoms with Crippen LogP contribution >= 0.6 is 0 Å². The minimum atomic E-state index is -3.54. The fourth-order valence-electron chi connectivity index (χ4n) is 5.29. The molecule has 1 saturated heterocycles. The van der Waals surface area contributed by atoms with Crippen molar-refractivity contribution in [1.29, 1.82) is 0 Å². The van der Waals surface area contributed by atoms with Gasteiger partial charge in [0.25, 0.3) is 5.91 Å². The summed E-state index contributed by atoms with van der Waals surface area (Å²) in [5, 5.41) is 2.87. The molecule has 5 rings (SSSR count). The van der Waals surface area contributed by atoms with Gasteiger partial charge in [-0.05, 0) is 92.7 Å². The normalized spacial score (nSPS) is 19.9. The summed E-state index contributed by atoms with van der Waals surface area (Å²) in [7, 11) is -7.06. The number of rotatable bonds is 8. The number of nitrogens with one attached hydrogen (secondary N) is 2. The van der Waals surface area contributed by atoms with E-state index in [-0.39, 0.29) is 16.6 Å². The molecule has 2 aromatic rings. The number of piperidine rings is 1. The predicted octanol–water partition coefficient (Wildman–Crippen LogP) is 5.43. The van der Waals surface area contributed by atoms with Gasteiger partial charge in [-0.15, -0.1) is 0 Å². The number of hydrogen-bond donors (Lipinski definition) is 2. The van der Waals surface area contributed by atoms with Gasteiger partial charge >= 0.3 is 0 Å². The Hall–Kier alpha value is -2.59. The Labute approximate surface area is 232 Å². The smallest absolute Gasteiger partial charge is 0.257 e. The number of carbonyl (C=O) groups is 1. The highest BCUT2D eigenvalue weighted by atomic mass is 32.2. The summed E-state index contributed by atoms with van der Waals surface area (Å²) in [6, 6.07) is 11.4. The van der Waals surface area contributed by atoms with Crippen LogP contribution in [0.2, 0.25) is 0 Å². The van der Waals surface area contributed by atoms with Crippen LogP contribution in [0.5, 0.6) is 0 Å². The number of hydrogen-bond acceptors (Lipinski definition) is 6. The van der Waals surface area contributed by atoms with Crippen molar-refractivity contribution in [2.24, 2.45) is 10.8 Å². The zero-order valence-corrected chi connectivity index (χ0v) is 24.8. The van der Waals surface area contributed by atoms with Crippen LogP contribution in [0.25, 0.3) is 0 Å². The van der Waals surface area contributed by atoms with E-state index >= 15 is 0 Å². The number of sulfone groups is 1. The first-order valence-electron chi connectivity index (χ1n) is 13.7. The Kier molecular flexibility index (Phi) is 6.81. The lowest BCUT2D eigenvalue weighted by Gasteiger charge is -2.35. The molecular formula is C29H39N3O5S2. The van der Waals surface area contributed by atoms with Crippen LogP contribution in [0.1, 0.15) is 76.6 Å². The van der Waals surface area contributed by atoms with Gasteiger partial charge in [0.2, 0.25) is 10.0 Å². The van der Waals surface area contributed by atoms with Gasteiger partial charge in [0.05, 0.1) is 32.3 Å². The maximum atomic E-state index is 13.5. The van der Waals surface area contributed by atoms with Crippen molar-refractivity contribution in [3.63, 3.8) is 0 Å². The first-order valence-corrected chi connectivity index (χ1v) is 16.8. The summed E-state index contributed by atoms with van der Waals surface area (Å²) in [5.74, 6) is -0.375. The molecule has 1 heterocycles. The third-order valence-corrected chi connectivity index (χ3v) is 12.7. The molecule has 2 aliphatic carbocycles. The lowest BCUT2D eigenvalue weighted by molar-refractivity contribution is 0.102. The molecule has 10 heteroatoms. The molecular weight excluding hydrogens is 534 g/mol. The average Bonchev–Trinajstić information content (AvgIpc) is 3.77. The van der Waals surface area contributed by atoms with E-state index in [9.17, 15) is 21.6 Å². The molecule has 2 N–H and O–H groups in total. The first kappa shape index (κ1) is 28.0. The number of amides is 1. The van der Waals surface area contributed by atoms with Gasteiger partial charge < -0.3 is 10.2 Å². The van der Waals surface area contributed by atoms with Crippen LogP contribution in [0.3, 0.4) is 0 Å². The first-order chi connectivity index (χ1) is 18.1. The van der Waals surface area contributed by atoms with Crippen molar-refractivity contribution < 1.29 is 21.6 Å². The maximum absolute atomic E-state index is 13.5. The highest BCUT2D eigenvalue weighted by Gasteiger charge is 2.50. The number of carbonyl (C=O) groups excluding carboxylic acids is 1. The van der Waals surface area contributed by atoms with E-state index in [1.54, 1.807) is 43.3 Å². The second-order valence-electron chi connectivity index (χ2n) is 13.1. The molecule has 0 unspecified atom stereocenters. The fraction of sp³-hybridized carbons (Fsp3) is 0.552. The van der Waals surface area contributed by atoms with Crippen molar-refractivity contribution in [2.75, 3.05) is 33.8 Å². The van der Waals surface area contributed by atoms with E-state index in [1.165, 1.54) is 18.9 Å². The molecule has 3 fully saturated rings. The van der Waals surface area contributed by atoms with E-state index in [0.29, 0.717) is 40.9 Å². The average molecular weight is 574 g/mol. The molecule has 3 aliphatic rings. The summed E-state index contributed by atoms with van der Waals surface area (Å²) in [6.07, 6.45) is 5.87. The highest BCUT2D eigenvalue weighted by Crippen LogP contribution is 2.54. The molecule has 0 atom stereocenters. The molecule has 212 valence electrons. The van der Waals surface area contributed by atoms with Crippen LogP contribution in [0.15, 0.2) is 47.4 Å². The van der Waals surface area contributed by atoms with E-state index < -0.39 is 30.0 Å². The molecule has 0 bridgehead atoms. The summed E-state index contributed by atoms with van der Waals surface area (Å²) < 4.78 is 53.6. The summed E-state index contributed by atoms with van der Waals surface area (Å²) >= 11 is 0. The van der Waals surface area contributed by atoms with Gasteiger partial charge in [-0.3, -0.25) is 9.52 Å². The molecule has 0 radical (unpaired) electrons. The predicted molar refractivity (Wildman–Crippen MR) is 156 cm³/mol. The van der Waals surface area contributed by atoms with Gasteiger partial charge in [0.15, 0.2) is 9.84 Å². The Balaban J connectivity index is 1.41. The van der Waals surface area contributed by atoms with E-state index in [1.807, 2.05) is 20.8 Å². The number of nitrogens with zero attached hydrogens (tertiary/aromatic N) is 1. The van der Waals surface area contributed by atoms with Crippen molar-refractivity contribution in [3.05, 3.63) is 48.0 Å². The minimum Gasteiger partial charge on any atom is -0.371 e. The molecule has 39 heavy (non-hydrogen) atoms. The summed E-state index contributed by atoms with van der Waals surface area (Å²) in [6.45, 7) is 8.96. The molecule has 1 aliphatic heterocycles. The van der Waals surface area contributed by atoms with Crippen molar-refractivity contribution >= 4 is 42.8 Å². The zero-order valence-electron chi connectivity index (χ0n) is 23.2. The fourth-order valence-corrected chi connectivity index (χ4v) is 8.51. The third kappa shape index (κ3) is 6.11. The van der Waals surface area contributed by atoms with Crippen LogP contribution in [0.4, 0.5) is 17.1 Å². The Morgan fingerprint density at radius 3 is 2.15 bits per heavy atom. The van der Waals surface area contributed by atoms with Crippen LogP contribution in [0, 0.1) is 10.8 Å². The standard InChI is InChI=1S/C29H39N3O5S2/c1-27(2,3)20-38(34,35)23-7-5-6-21(18-23)30-26(33)24-9-8-22(31-39(36,37)28(4)10-11-28)19-25(24)32-16-14-29(12-13-29)15-17-32/h5-9,18-19,31H,10-17,20H2,1-4H3,(H,30,33). The number of benzene rings is 2. The van der Waals surface area contributed by atoms with Crippen molar-refractivity contribution in [3.8, 4) is 0 Å². The monoisotopic (exact) mass is 573 g/mol. The Morgan fingerprint density at radius 2 is 1.56 bits per heavy atom. The lowest BCUT2D eigenvalue weighted by atomic mass is 9.93. The van der Waals surface area contributed by atoms with E-state index in [4.69, 9.17) is 0 Å². The Bertz CT molecular complexity index is 1490. The van der Waals surface area contributed by atoms with Gasteiger partial charge in [0.1, 0.15) is 0 Å². The third-order valence-electron chi connectivity index (χ3n) is 8.29. The second kappa shape index (κ2) is 9.51. The highest BCUT2D eigenvalue weighted by molar-refractivity contribution is 7.94. The van der Waals surface area contributed by atoms with Crippen LogP contribution in [-0.2, 0) is 19.9 Å². The second-order valence-corrected chi connectivity index (χ2v) is 17.3. The van der Waals surface area contributed by atoms with Gasteiger partial charge in [0, 0.05) is 18.8 Å². The van der Waals surface area contributed by atoms with Gasteiger partial charge in [-0.1, -0.05) is 26.8 Å². The van der Waals surface area contributed by atoms with Crippen molar-refractivity contribution in [2.45, 2.75) is 75.9 Å². The minimum absolute atomic E-state index is 0.00554. The quantitative estimate of drug-likeness (QED) is 0.435. The lowest BCUT2D eigenvalue weighted by Crippen LogP contribution is -2.36. The largest absolute Gasteiger partial charge is 0.371 e. The van der Waals surface area contributed by atoms with Crippen molar-refractivity contribution in [1.82, 2.24) is 0 Å². The van der Waals surface area contributed by atoms with E-state index in [0.717, 1.165) is 25.9 Å². The van der Waals surface area contributed by atoms with Crippen LogP contribution in [-0.4, -0.2) is 46.3 Å². The molecule has 8 nitrogen and oxygen atoms in total. The topological polar surface area (TPSA) is 113 Å². The molecule has 0 aromatic heterocycles. The van der Waals surface area contributed by atoms with E-state index in [2.05, 4.69) is 14.9 Å². The number of anilines is 3. The molecule has 2 saturated carbocycles. The van der Waals surface area contributed by atoms with Gasteiger partial charge in [-0.2, -0.15) is 0 Å². The summed E-state index contributed by atoms with van der Waals surface area (Å²) in [5.41, 5.74) is 1.98. The maximum Gasteiger partial charge on any atom is 0.257 e. The summed E-state index contributed by atoms with van der Waals surface area (Å²) in [4.78, 5) is 15.9. The molecule has 1 spiro atoms. The molecule has 2 aromatic carbocycles. The SMILES string of the molecule is CC(C)(C)CS(=O)(=O)c1cccc(NC(=O)c2ccc(NS(=O)(=O)C3(C)CC3)cc2N2CCC3(CC2)CC3)c1. The zero-order chi connectivity index (χ0) is 28.3.